The normalized spacial score (nSPS) is 15.6. The number of aryl methyl sites for hydroxylation is 1. The highest BCUT2D eigenvalue weighted by Crippen LogP contribution is 2.33. The number of anilines is 7. The lowest BCUT2D eigenvalue weighted by Gasteiger charge is -2.41. The molecule has 11 aromatic rings. The number of benzene rings is 6. The van der Waals surface area contributed by atoms with E-state index < -0.39 is 36.1 Å². The summed E-state index contributed by atoms with van der Waals surface area (Å²) in [6.07, 6.45) is 8.28. The van der Waals surface area contributed by atoms with Crippen LogP contribution in [0, 0.1) is 11.6 Å². The van der Waals surface area contributed by atoms with Crippen LogP contribution in [-0.2, 0) is 62.2 Å². The van der Waals surface area contributed by atoms with Gasteiger partial charge in [-0.05, 0) is 171 Å². The molecular weight excluding hydrogens is 1490 g/mol. The van der Waals surface area contributed by atoms with Gasteiger partial charge >= 0.3 is 0 Å². The van der Waals surface area contributed by atoms with E-state index >= 15 is 0 Å². The van der Waals surface area contributed by atoms with Gasteiger partial charge in [0.25, 0.3) is 30.1 Å². The molecule has 3 N–H and O–H groups in total. The molecule has 9 heterocycles. The smallest absolute Gasteiger partial charge is 0.263 e. The van der Waals surface area contributed by atoms with Crippen molar-refractivity contribution in [3.63, 3.8) is 0 Å². The second-order valence-electron chi connectivity index (χ2n) is 25.6. The Bertz CT molecular complexity index is 5410. The fourth-order valence-electron chi connectivity index (χ4n) is 13.3. The number of nitrogens with one attached hydrogen (secondary N) is 3. The third-order valence-electron chi connectivity index (χ3n) is 18.9. The molecule has 0 spiro atoms. The van der Waals surface area contributed by atoms with Crippen LogP contribution in [0.2, 0.25) is 5.15 Å². The van der Waals surface area contributed by atoms with Crippen molar-refractivity contribution in [2.24, 2.45) is 0 Å². The summed E-state index contributed by atoms with van der Waals surface area (Å²) in [6, 6.07) is 42.7. The lowest BCUT2D eigenvalue weighted by molar-refractivity contribution is -0.137. The molecule has 0 saturated carbocycles. The molecule has 0 radical (unpaired) electrons. The van der Waals surface area contributed by atoms with Crippen LogP contribution in [0.15, 0.2) is 208 Å². The molecular formula is C73H81ClF2N16O10S5. The number of para-hydroxylation sites is 1. The zero-order chi connectivity index (χ0) is 75.2. The van der Waals surface area contributed by atoms with Gasteiger partial charge in [0, 0.05) is 142 Å². The highest BCUT2D eigenvalue weighted by molar-refractivity contribution is 7.93. The number of aromatic nitrogens is 6. The largest absolute Gasteiger partial charge is 0.368 e. The van der Waals surface area contributed by atoms with Crippen molar-refractivity contribution in [1.82, 2.24) is 44.0 Å². The SMILES string of the molecule is C[C@H](C(=O)N1CCN(c2ccc(S(=O)(=O)Nc3ccnc(Cl)c3)cc2)CC1)N1CCCc2cc(F)ccc21.C[C@H](C(=O)N1CCN(c2ccc(S(=O)(=O)Nc3nncs3)cc2)CC1)n1ccc2c(F)cccc21.O=C(Cn1ccc2ccccc21)N1CCN(c2ccc(S(=O)(=O)Nc3nccs3)cc2)C(=O)C1.[HH].[HH].[HH].[HH]. The number of amides is 4. The molecule has 3 fully saturated rings. The summed E-state index contributed by atoms with van der Waals surface area (Å²) in [6.45, 7) is 10.1. The minimum atomic E-state index is -3.77. The van der Waals surface area contributed by atoms with E-state index in [2.05, 4.69) is 49.0 Å². The Labute approximate surface area is 635 Å². The molecule has 34 heteroatoms. The molecule has 26 nitrogen and oxygen atoms in total. The monoisotopic (exact) mass is 1570 g/mol. The van der Waals surface area contributed by atoms with Gasteiger partial charge in [0.15, 0.2) is 5.13 Å². The number of hydrogen-bond acceptors (Lipinski definition) is 19. The number of thiazole rings is 1. The van der Waals surface area contributed by atoms with E-state index in [4.69, 9.17) is 11.6 Å². The van der Waals surface area contributed by atoms with Crippen LogP contribution in [-0.4, -0.2) is 177 Å². The molecule has 0 aliphatic carbocycles. The van der Waals surface area contributed by atoms with Crippen LogP contribution in [0.1, 0.15) is 37.6 Å². The Kier molecular flexibility index (Phi) is 22.5. The predicted molar refractivity (Wildman–Crippen MR) is 418 cm³/mol. The van der Waals surface area contributed by atoms with Crippen LogP contribution in [0.5, 0.6) is 0 Å². The van der Waals surface area contributed by atoms with Crippen molar-refractivity contribution in [3.05, 3.63) is 216 Å². The number of rotatable bonds is 18. The third kappa shape index (κ3) is 17.3. The molecule has 0 unspecified atom stereocenters. The fraction of sp³-hybridized carbons (Fsp3) is 0.260. The molecule has 4 amide bonds. The van der Waals surface area contributed by atoms with Crippen LogP contribution >= 0.6 is 34.3 Å². The van der Waals surface area contributed by atoms with E-state index in [1.165, 1.54) is 65.6 Å². The maximum atomic E-state index is 14.0. The molecule has 2 atom stereocenters. The number of carbonyl (C=O) groups is 4. The third-order valence-corrected chi connectivity index (χ3v) is 24.8. The van der Waals surface area contributed by atoms with Crippen LogP contribution in [0.3, 0.4) is 0 Å². The van der Waals surface area contributed by atoms with Gasteiger partial charge in [-0.15, -0.1) is 21.5 Å². The highest BCUT2D eigenvalue weighted by atomic mass is 35.5. The zero-order valence-electron chi connectivity index (χ0n) is 57.8. The zero-order valence-corrected chi connectivity index (χ0v) is 62.6. The number of pyridine rings is 1. The first-order valence-corrected chi connectivity index (χ1v) is 40.7. The van der Waals surface area contributed by atoms with E-state index in [-0.39, 0.29) is 90.2 Å². The number of fused-ring (bicyclic) bond motifs is 3. The van der Waals surface area contributed by atoms with Crippen LogP contribution in [0.4, 0.5) is 47.5 Å². The molecule has 15 rings (SSSR count). The summed E-state index contributed by atoms with van der Waals surface area (Å²) >= 11 is 8.14. The van der Waals surface area contributed by atoms with Gasteiger partial charge in [0.2, 0.25) is 28.8 Å². The minimum Gasteiger partial charge on any atom is -0.368 e. The molecule has 564 valence electrons. The summed E-state index contributed by atoms with van der Waals surface area (Å²) in [4.78, 5) is 73.4. The maximum absolute atomic E-state index is 14.0. The summed E-state index contributed by atoms with van der Waals surface area (Å²) in [5.74, 6) is -0.843. The minimum absolute atomic E-state index is 0. The predicted octanol–water partition coefficient (Wildman–Crippen LogP) is 11.3. The number of nitrogens with zero attached hydrogens (tertiary/aromatic N) is 13. The first kappa shape index (κ1) is 74.7. The summed E-state index contributed by atoms with van der Waals surface area (Å²) in [5.41, 5.74) is 7.70. The quantitative estimate of drug-likeness (QED) is 0.0673. The Hall–Kier alpha value is -10.6. The highest BCUT2D eigenvalue weighted by Gasteiger charge is 2.34. The Balaban J connectivity index is 0.000000188. The maximum Gasteiger partial charge on any atom is 0.263 e. The molecule has 4 aliphatic heterocycles. The molecule has 6 aromatic carbocycles. The second-order valence-corrected chi connectivity index (χ2v) is 32.7. The molecule has 0 bridgehead atoms. The van der Waals surface area contributed by atoms with Crippen molar-refractivity contribution in [2.45, 2.75) is 60.0 Å². The number of carbonyl (C=O) groups excluding carboxylic acids is 4. The topological polar surface area (TPSA) is 291 Å². The average molecular weight is 1580 g/mol. The fourth-order valence-corrected chi connectivity index (χ4v) is 18.0. The summed E-state index contributed by atoms with van der Waals surface area (Å²) in [7, 11) is -11.3. The number of piperazine rings is 3. The van der Waals surface area contributed by atoms with Gasteiger partial charge < -0.3 is 43.4 Å². The van der Waals surface area contributed by atoms with E-state index in [9.17, 15) is 53.2 Å². The van der Waals surface area contributed by atoms with Gasteiger partial charge in [-0.1, -0.05) is 47.2 Å². The van der Waals surface area contributed by atoms with Crippen molar-refractivity contribution < 1.29 is 58.9 Å². The number of sulfonamides is 3. The van der Waals surface area contributed by atoms with Crippen molar-refractivity contribution >= 4 is 148 Å². The summed E-state index contributed by atoms with van der Waals surface area (Å²) in [5, 5.41) is 11.3. The van der Waals surface area contributed by atoms with E-state index in [0.717, 1.165) is 64.3 Å². The van der Waals surface area contributed by atoms with Gasteiger partial charge in [-0.25, -0.2) is 44.0 Å². The van der Waals surface area contributed by atoms with Gasteiger partial charge in [0.1, 0.15) is 47.5 Å². The molecule has 3 saturated heterocycles. The van der Waals surface area contributed by atoms with Crippen molar-refractivity contribution in [2.75, 3.05) is 112 Å². The second kappa shape index (κ2) is 32.2. The molecule has 107 heavy (non-hydrogen) atoms. The lowest BCUT2D eigenvalue weighted by atomic mass is 9.99. The van der Waals surface area contributed by atoms with Crippen LogP contribution in [0.25, 0.3) is 21.8 Å². The Morgan fingerprint density at radius 3 is 1.79 bits per heavy atom. The van der Waals surface area contributed by atoms with Gasteiger partial charge in [-0.3, -0.25) is 33.3 Å². The van der Waals surface area contributed by atoms with Crippen molar-refractivity contribution in [1.29, 1.82) is 0 Å². The van der Waals surface area contributed by atoms with E-state index in [1.807, 2.05) is 75.4 Å². The van der Waals surface area contributed by atoms with Crippen LogP contribution < -0.4 is 33.8 Å². The van der Waals surface area contributed by atoms with Gasteiger partial charge in [0.05, 0.1) is 25.9 Å². The first-order chi connectivity index (χ1) is 51.4. The lowest BCUT2D eigenvalue weighted by Crippen LogP contribution is -2.55. The van der Waals surface area contributed by atoms with Crippen molar-refractivity contribution in [3.8, 4) is 0 Å². The van der Waals surface area contributed by atoms with E-state index in [0.29, 0.717) is 87.7 Å². The molecule has 5 aromatic heterocycles. The number of halogens is 3. The number of hydrogen-bond donors (Lipinski definition) is 3. The molecule has 4 aliphatic rings. The Morgan fingerprint density at radius 1 is 0.579 bits per heavy atom. The average Bonchev–Trinajstić information content (AvgIpc) is 1.76. The van der Waals surface area contributed by atoms with Gasteiger partial charge in [-0.2, -0.15) is 0 Å². The standard InChI is InChI=1S/C27H29ClFN5O3S.C23H23FN6O3S2.C23H21N5O4S2.4H2/c1-19(34-12-2-3-20-17-21(29)4-9-25(20)34)27(35)33-15-13-32(14-16-33)23-5-7-24(8-6-23)38(36,37)31-22-10-11-30-26(28)18-22;1-16(30-10-9-19-20(24)3-2-4-21(19)30)22(31)29-13-11-28(12-14-29)17-5-7-18(8-6-17)35(32,33)27-23-26-25-15-34-23;29-21(15-26-11-9-17-3-1-2-4-20(17)26)27-12-13-28(22(30)16-27)18-5-7-19(8-6-18)34(31,32)25-23-24-10-14-33-23;;;;/h4-11,17-19H,2-3,12-16H2,1H3,(H,30,31);2-10,15-16H,11-14H2,1H3,(H,26,27);1-11,14H,12-13,15-16H2,(H,24,25);4*1H/t19-;16-;;;;;/m11...../s1. The first-order valence-electron chi connectivity index (χ1n) is 34.1. The Morgan fingerprint density at radius 2 is 1.18 bits per heavy atom. The van der Waals surface area contributed by atoms with E-state index in [1.54, 1.807) is 106 Å². The summed E-state index contributed by atoms with van der Waals surface area (Å²) < 4.78 is 114.